The van der Waals surface area contributed by atoms with Crippen LogP contribution in [-0.4, -0.2) is 28.0 Å². The van der Waals surface area contributed by atoms with Crippen molar-refractivity contribution in [3.05, 3.63) is 62.3 Å². The first kappa shape index (κ1) is 21.9. The first-order valence-electron chi connectivity index (χ1n) is 11.1. The van der Waals surface area contributed by atoms with Crippen molar-refractivity contribution in [1.29, 1.82) is 0 Å². The molecule has 0 saturated carbocycles. The van der Waals surface area contributed by atoms with Crippen molar-refractivity contribution in [3.8, 4) is 5.75 Å². The van der Waals surface area contributed by atoms with E-state index in [1.54, 1.807) is 25.5 Å². The van der Waals surface area contributed by atoms with Crippen molar-refractivity contribution in [2.75, 3.05) is 7.11 Å². The molecular weight excluding hydrogens is 404 g/mol. The highest BCUT2D eigenvalue weighted by atomic mass is 16.5. The molecule has 0 fully saturated rings. The van der Waals surface area contributed by atoms with E-state index in [0.717, 1.165) is 41.3 Å². The van der Waals surface area contributed by atoms with E-state index in [1.165, 1.54) is 11.1 Å². The molecule has 1 aromatic carbocycles. The van der Waals surface area contributed by atoms with Crippen LogP contribution in [0.25, 0.3) is 21.9 Å². The Kier molecular flexibility index (Phi) is 6.17. The van der Waals surface area contributed by atoms with Crippen molar-refractivity contribution in [1.82, 2.24) is 14.6 Å². The molecule has 2 N–H and O–H groups in total. The number of aromatic amines is 2. The maximum absolute atomic E-state index is 13.0. The zero-order valence-electron chi connectivity index (χ0n) is 19.1. The van der Waals surface area contributed by atoms with E-state index < -0.39 is 11.2 Å². The van der Waals surface area contributed by atoms with Gasteiger partial charge in [0, 0.05) is 23.0 Å². The number of benzene rings is 1. The molecule has 0 bridgehead atoms. The Morgan fingerprint density at radius 1 is 1.25 bits per heavy atom. The van der Waals surface area contributed by atoms with Gasteiger partial charge in [-0.3, -0.25) is 4.79 Å². The molecule has 0 amide bonds. The van der Waals surface area contributed by atoms with Crippen LogP contribution in [0.2, 0.25) is 0 Å². The van der Waals surface area contributed by atoms with Gasteiger partial charge < -0.3 is 14.7 Å². The monoisotopic (exact) mass is 434 g/mol. The number of ether oxygens (including phenoxy) is 1. The summed E-state index contributed by atoms with van der Waals surface area (Å²) in [6, 6.07) is 5.42. The molecule has 2 aromatic heterocycles. The maximum atomic E-state index is 13.0. The lowest BCUT2D eigenvalue weighted by molar-refractivity contribution is 0.415. The summed E-state index contributed by atoms with van der Waals surface area (Å²) in [5.74, 6) is 1.25. The van der Waals surface area contributed by atoms with Gasteiger partial charge in [0.05, 0.1) is 12.6 Å². The minimum Gasteiger partial charge on any atom is -0.497 e. The molecule has 2 atom stereocenters. The summed E-state index contributed by atoms with van der Waals surface area (Å²) < 4.78 is 6.17. The highest BCUT2D eigenvalue weighted by molar-refractivity contribution is 6.04. The molecule has 0 saturated heterocycles. The fourth-order valence-electron chi connectivity index (χ4n) is 4.34. The van der Waals surface area contributed by atoms with Gasteiger partial charge in [0.2, 0.25) is 0 Å². The number of H-pyrrole nitrogens is 2. The molecule has 7 heteroatoms. The average molecular weight is 435 g/mol. The number of nitrogens with zero attached hydrogens (tertiary/aromatic N) is 2. The van der Waals surface area contributed by atoms with Crippen LogP contribution in [-0.2, 0) is 0 Å². The maximum Gasteiger partial charge on any atom is 0.350 e. The third-order valence-corrected chi connectivity index (χ3v) is 6.22. The van der Waals surface area contributed by atoms with Gasteiger partial charge in [-0.15, -0.1) is 4.68 Å². The summed E-state index contributed by atoms with van der Waals surface area (Å²) in [4.78, 5) is 31.6. The first-order valence-corrected chi connectivity index (χ1v) is 11.1. The second kappa shape index (κ2) is 9.02. The summed E-state index contributed by atoms with van der Waals surface area (Å²) in [7, 11) is 1.58. The molecule has 3 aromatic rings. The van der Waals surface area contributed by atoms with E-state index in [-0.39, 0.29) is 5.92 Å². The van der Waals surface area contributed by atoms with Crippen molar-refractivity contribution >= 4 is 28.2 Å². The number of hydrogen-bond acceptors (Lipinski definition) is 4. The van der Waals surface area contributed by atoms with E-state index >= 15 is 0 Å². The fourth-order valence-corrected chi connectivity index (χ4v) is 4.34. The number of fused-ring (bicyclic) bond motifs is 3. The second-order valence-electron chi connectivity index (χ2n) is 8.86. The Labute approximate surface area is 186 Å². The molecule has 0 radical (unpaired) electrons. The summed E-state index contributed by atoms with van der Waals surface area (Å²) in [6.45, 7) is 6.45. The van der Waals surface area contributed by atoms with Gasteiger partial charge in [-0.25, -0.2) is 4.79 Å². The average Bonchev–Trinajstić information content (AvgIpc) is 3.12. The standard InChI is InChI=1S/C25H30N4O3/c1-15(2)6-5-7-17-8-9-18(16(3)12-17)14-26-29-24(30)23-22(28-25(29)31)20-13-19(32-4)10-11-21(20)27-23/h6,8,10-11,13-14,16,18,27H,5,7,9,12H2,1-4H3,(H,28,31)/b26-14-/t16-,18-/m1/s1. The molecule has 32 heavy (non-hydrogen) atoms. The molecule has 1 aliphatic rings. The normalized spacial score (nSPS) is 18.9. The van der Waals surface area contributed by atoms with Crippen LogP contribution in [0, 0.1) is 11.8 Å². The molecule has 168 valence electrons. The van der Waals surface area contributed by atoms with Crippen molar-refractivity contribution in [2.45, 2.75) is 46.5 Å². The lowest BCUT2D eigenvalue weighted by atomic mass is 9.80. The predicted molar refractivity (Wildman–Crippen MR) is 130 cm³/mol. The van der Waals surface area contributed by atoms with Crippen molar-refractivity contribution in [2.24, 2.45) is 16.9 Å². The highest BCUT2D eigenvalue weighted by Gasteiger charge is 2.21. The summed E-state index contributed by atoms with van der Waals surface area (Å²) in [5.41, 5.74) is 3.35. The zero-order valence-corrected chi connectivity index (χ0v) is 19.1. The third kappa shape index (κ3) is 4.33. The number of nitrogens with one attached hydrogen (secondary N) is 2. The minimum atomic E-state index is -0.552. The molecule has 4 rings (SSSR count). The number of allylic oxidation sites excluding steroid dienone is 4. The molecule has 1 aliphatic carbocycles. The lowest BCUT2D eigenvalue weighted by Crippen LogP contribution is -2.32. The van der Waals surface area contributed by atoms with Crippen LogP contribution in [0.3, 0.4) is 0 Å². The SMILES string of the molecule is COc1ccc2[nH]c3c(=O)n(/N=C\[C@H]4CC=C(CCC=C(C)C)C[C@H]4C)c(=O)[nH]c3c2c1. The van der Waals surface area contributed by atoms with Crippen LogP contribution in [0.15, 0.2) is 56.2 Å². The van der Waals surface area contributed by atoms with Crippen molar-refractivity contribution in [3.63, 3.8) is 0 Å². The highest BCUT2D eigenvalue weighted by Crippen LogP contribution is 2.31. The van der Waals surface area contributed by atoms with Gasteiger partial charge in [-0.05, 0) is 63.6 Å². The second-order valence-corrected chi connectivity index (χ2v) is 8.86. The van der Waals surface area contributed by atoms with Crippen LogP contribution >= 0.6 is 0 Å². The van der Waals surface area contributed by atoms with Gasteiger partial charge in [0.15, 0.2) is 0 Å². The summed E-state index contributed by atoms with van der Waals surface area (Å²) >= 11 is 0. The van der Waals surface area contributed by atoms with Crippen LogP contribution in [0.5, 0.6) is 5.75 Å². The number of methoxy groups -OCH3 is 1. The first-order chi connectivity index (χ1) is 15.4. The number of rotatable bonds is 6. The van der Waals surface area contributed by atoms with Gasteiger partial charge in [0.25, 0.3) is 0 Å². The Morgan fingerprint density at radius 2 is 2.06 bits per heavy atom. The molecule has 2 heterocycles. The van der Waals surface area contributed by atoms with Crippen LogP contribution in [0.4, 0.5) is 0 Å². The van der Waals surface area contributed by atoms with Crippen LogP contribution < -0.4 is 16.0 Å². The smallest absolute Gasteiger partial charge is 0.350 e. The van der Waals surface area contributed by atoms with Gasteiger partial charge in [-0.1, -0.05) is 30.2 Å². The topological polar surface area (TPSA) is 92.2 Å². The molecule has 7 nitrogen and oxygen atoms in total. The Balaban J connectivity index is 1.60. The quantitative estimate of drug-likeness (QED) is 0.434. The van der Waals surface area contributed by atoms with E-state index in [2.05, 4.69) is 48.0 Å². The number of aromatic nitrogens is 3. The predicted octanol–water partition coefficient (Wildman–Crippen LogP) is 4.73. The molecule has 0 aliphatic heterocycles. The Hall–Kier alpha value is -3.35. The van der Waals surface area contributed by atoms with E-state index in [9.17, 15) is 9.59 Å². The fraction of sp³-hybridized carbons (Fsp3) is 0.400. The lowest BCUT2D eigenvalue weighted by Gasteiger charge is -2.25. The summed E-state index contributed by atoms with van der Waals surface area (Å²) in [5, 5.41) is 5.03. The largest absolute Gasteiger partial charge is 0.497 e. The molecular formula is C25H30N4O3. The minimum absolute atomic E-state index is 0.191. The van der Waals surface area contributed by atoms with E-state index in [1.807, 2.05) is 6.07 Å². The van der Waals surface area contributed by atoms with Gasteiger partial charge in [0.1, 0.15) is 11.3 Å². The van der Waals surface area contributed by atoms with Gasteiger partial charge >= 0.3 is 11.2 Å². The van der Waals surface area contributed by atoms with E-state index in [4.69, 9.17) is 4.74 Å². The molecule has 0 unspecified atom stereocenters. The summed E-state index contributed by atoms with van der Waals surface area (Å²) in [6.07, 6.45) is 10.4. The zero-order chi connectivity index (χ0) is 22.8. The van der Waals surface area contributed by atoms with Crippen LogP contribution in [0.1, 0.15) is 46.5 Å². The number of hydrogen-bond donors (Lipinski definition) is 2. The third-order valence-electron chi connectivity index (χ3n) is 6.22. The molecule has 0 spiro atoms. The Morgan fingerprint density at radius 3 is 2.78 bits per heavy atom. The van der Waals surface area contributed by atoms with E-state index in [0.29, 0.717) is 22.7 Å². The van der Waals surface area contributed by atoms with Gasteiger partial charge in [-0.2, -0.15) is 5.10 Å². The van der Waals surface area contributed by atoms with Crippen molar-refractivity contribution < 1.29 is 4.74 Å². The Bertz CT molecular complexity index is 1350.